The molecule has 17 heavy (non-hydrogen) atoms. The van der Waals surface area contributed by atoms with E-state index in [1.54, 1.807) is 0 Å². The van der Waals surface area contributed by atoms with E-state index in [4.69, 9.17) is 5.73 Å². The van der Waals surface area contributed by atoms with E-state index in [-0.39, 0.29) is 0 Å². The number of nitrogens with zero attached hydrogens (tertiary/aromatic N) is 2. The number of fused-ring (bicyclic) bond motifs is 1. The maximum absolute atomic E-state index is 5.67. The molecule has 0 amide bonds. The van der Waals surface area contributed by atoms with Gasteiger partial charge in [0.2, 0.25) is 0 Å². The molecule has 0 unspecified atom stereocenters. The van der Waals surface area contributed by atoms with Crippen molar-refractivity contribution in [2.24, 2.45) is 0 Å². The highest BCUT2D eigenvalue weighted by molar-refractivity contribution is 5.75. The third kappa shape index (κ3) is 1.87. The summed E-state index contributed by atoms with van der Waals surface area (Å²) in [5, 5.41) is 0. The third-order valence-electron chi connectivity index (χ3n) is 2.86. The summed E-state index contributed by atoms with van der Waals surface area (Å²) in [6, 6.07) is 16.1. The molecule has 1 aromatic heterocycles. The Kier molecular flexibility index (Phi) is 2.29. The van der Waals surface area contributed by atoms with Crippen LogP contribution in [0.4, 0.5) is 5.69 Å². The van der Waals surface area contributed by atoms with Crippen molar-refractivity contribution < 1.29 is 0 Å². The second kappa shape index (κ2) is 3.94. The Morgan fingerprint density at radius 2 is 1.76 bits per heavy atom. The zero-order valence-electron chi connectivity index (χ0n) is 9.38. The highest BCUT2D eigenvalue weighted by atomic mass is 15.0. The van der Waals surface area contributed by atoms with Gasteiger partial charge in [0.25, 0.3) is 0 Å². The number of nitrogens with two attached hydrogens (primary N) is 1. The first kappa shape index (κ1) is 9.90. The number of imidazole rings is 1. The lowest BCUT2D eigenvalue weighted by Gasteiger charge is -2.04. The molecular formula is C14H13N3. The van der Waals surface area contributed by atoms with Crippen molar-refractivity contribution in [1.82, 2.24) is 9.55 Å². The SMILES string of the molecule is Nc1ccc(Cn2cnc3ccccc32)cc1. The number of anilines is 1. The molecule has 0 fully saturated rings. The molecule has 0 aliphatic heterocycles. The molecule has 0 saturated carbocycles. The van der Waals surface area contributed by atoms with Gasteiger partial charge in [0.1, 0.15) is 0 Å². The van der Waals surface area contributed by atoms with Crippen molar-refractivity contribution in [2.45, 2.75) is 6.54 Å². The molecule has 2 N–H and O–H groups in total. The molecule has 0 radical (unpaired) electrons. The molecule has 3 nitrogen and oxygen atoms in total. The lowest BCUT2D eigenvalue weighted by atomic mass is 10.2. The van der Waals surface area contributed by atoms with E-state index in [0.29, 0.717) is 0 Å². The Morgan fingerprint density at radius 3 is 2.59 bits per heavy atom. The Balaban J connectivity index is 1.97. The number of hydrogen-bond acceptors (Lipinski definition) is 2. The highest BCUT2D eigenvalue weighted by Crippen LogP contribution is 2.14. The van der Waals surface area contributed by atoms with E-state index in [1.165, 1.54) is 5.56 Å². The molecule has 1 heterocycles. The molecule has 3 rings (SSSR count). The maximum Gasteiger partial charge on any atom is 0.0961 e. The molecule has 0 atom stereocenters. The molecule has 3 aromatic rings. The first-order chi connectivity index (χ1) is 8.33. The zero-order chi connectivity index (χ0) is 11.7. The molecule has 3 heteroatoms. The highest BCUT2D eigenvalue weighted by Gasteiger charge is 2.01. The standard InChI is InChI=1S/C14H13N3/c15-12-7-5-11(6-8-12)9-17-10-16-13-3-1-2-4-14(13)17/h1-8,10H,9,15H2. The van der Waals surface area contributed by atoms with Crippen LogP contribution in [-0.4, -0.2) is 9.55 Å². The first-order valence-electron chi connectivity index (χ1n) is 5.57. The predicted octanol–water partition coefficient (Wildman–Crippen LogP) is 2.67. The summed E-state index contributed by atoms with van der Waals surface area (Å²) >= 11 is 0. The third-order valence-corrected chi connectivity index (χ3v) is 2.86. The van der Waals surface area contributed by atoms with Crippen LogP contribution in [0.1, 0.15) is 5.56 Å². The van der Waals surface area contributed by atoms with Gasteiger partial charge in [0.15, 0.2) is 0 Å². The van der Waals surface area contributed by atoms with E-state index in [9.17, 15) is 0 Å². The molecule has 0 spiro atoms. The van der Waals surface area contributed by atoms with Crippen LogP contribution in [-0.2, 0) is 6.54 Å². The van der Waals surface area contributed by atoms with Crippen LogP contribution in [0.3, 0.4) is 0 Å². The van der Waals surface area contributed by atoms with Crippen molar-refractivity contribution in [2.75, 3.05) is 5.73 Å². The van der Waals surface area contributed by atoms with Crippen LogP contribution in [0, 0.1) is 0 Å². The van der Waals surface area contributed by atoms with Gasteiger partial charge < -0.3 is 10.3 Å². The smallest absolute Gasteiger partial charge is 0.0961 e. The second-order valence-electron chi connectivity index (χ2n) is 4.10. The predicted molar refractivity (Wildman–Crippen MR) is 69.7 cm³/mol. The minimum atomic E-state index is 0.796. The molecule has 84 valence electrons. The van der Waals surface area contributed by atoms with Crippen LogP contribution >= 0.6 is 0 Å². The van der Waals surface area contributed by atoms with Crippen LogP contribution in [0.25, 0.3) is 11.0 Å². The van der Waals surface area contributed by atoms with Gasteiger partial charge in [0.05, 0.1) is 17.4 Å². The fourth-order valence-electron chi connectivity index (χ4n) is 1.96. The Bertz CT molecular complexity index is 638. The van der Waals surface area contributed by atoms with E-state index >= 15 is 0 Å². The number of benzene rings is 2. The van der Waals surface area contributed by atoms with Crippen molar-refractivity contribution in [3.8, 4) is 0 Å². The monoisotopic (exact) mass is 223 g/mol. The number of hydrogen-bond donors (Lipinski definition) is 1. The quantitative estimate of drug-likeness (QED) is 0.679. The maximum atomic E-state index is 5.67. The van der Waals surface area contributed by atoms with Gasteiger partial charge in [0, 0.05) is 12.2 Å². The molecule has 0 aliphatic carbocycles. The fourth-order valence-corrected chi connectivity index (χ4v) is 1.96. The minimum Gasteiger partial charge on any atom is -0.399 e. The van der Waals surface area contributed by atoms with E-state index < -0.39 is 0 Å². The summed E-state index contributed by atoms with van der Waals surface area (Å²) < 4.78 is 2.14. The van der Waals surface area contributed by atoms with Gasteiger partial charge in [-0.1, -0.05) is 24.3 Å². The second-order valence-corrected chi connectivity index (χ2v) is 4.10. The first-order valence-corrected chi connectivity index (χ1v) is 5.57. The summed E-state index contributed by atoms with van der Waals surface area (Å²) in [7, 11) is 0. The number of nitrogen functional groups attached to an aromatic ring is 1. The molecule has 0 saturated heterocycles. The van der Waals surface area contributed by atoms with E-state index in [0.717, 1.165) is 23.3 Å². The molecular weight excluding hydrogens is 210 g/mol. The van der Waals surface area contributed by atoms with Crippen LogP contribution in [0.2, 0.25) is 0 Å². The van der Waals surface area contributed by atoms with Crippen molar-refractivity contribution in [3.05, 3.63) is 60.4 Å². The summed E-state index contributed by atoms with van der Waals surface area (Å²) in [5.74, 6) is 0. The average molecular weight is 223 g/mol. The average Bonchev–Trinajstić information content (AvgIpc) is 2.76. The largest absolute Gasteiger partial charge is 0.399 e. The van der Waals surface area contributed by atoms with Crippen molar-refractivity contribution in [3.63, 3.8) is 0 Å². The Morgan fingerprint density at radius 1 is 1.00 bits per heavy atom. The molecule has 0 bridgehead atoms. The van der Waals surface area contributed by atoms with Crippen molar-refractivity contribution >= 4 is 16.7 Å². The zero-order valence-corrected chi connectivity index (χ0v) is 9.38. The van der Waals surface area contributed by atoms with Crippen LogP contribution in [0.15, 0.2) is 54.9 Å². The Hall–Kier alpha value is -2.29. The molecule has 2 aromatic carbocycles. The molecule has 0 aliphatic rings. The van der Waals surface area contributed by atoms with Gasteiger partial charge in [-0.15, -0.1) is 0 Å². The lowest BCUT2D eigenvalue weighted by molar-refractivity contribution is 0.825. The summed E-state index contributed by atoms with van der Waals surface area (Å²) in [5.41, 5.74) is 9.88. The van der Waals surface area contributed by atoms with Crippen molar-refractivity contribution in [1.29, 1.82) is 0 Å². The van der Waals surface area contributed by atoms with Gasteiger partial charge in [-0.2, -0.15) is 0 Å². The topological polar surface area (TPSA) is 43.8 Å². The van der Waals surface area contributed by atoms with Crippen LogP contribution in [0.5, 0.6) is 0 Å². The summed E-state index contributed by atoms with van der Waals surface area (Å²) in [6.45, 7) is 0.820. The van der Waals surface area contributed by atoms with Gasteiger partial charge >= 0.3 is 0 Å². The lowest BCUT2D eigenvalue weighted by Crippen LogP contribution is -1.97. The van der Waals surface area contributed by atoms with Crippen LogP contribution < -0.4 is 5.73 Å². The van der Waals surface area contributed by atoms with Gasteiger partial charge in [-0.25, -0.2) is 4.98 Å². The van der Waals surface area contributed by atoms with E-state index in [2.05, 4.69) is 15.6 Å². The number of aromatic nitrogens is 2. The van der Waals surface area contributed by atoms with Gasteiger partial charge in [-0.3, -0.25) is 0 Å². The van der Waals surface area contributed by atoms with E-state index in [1.807, 2.05) is 48.8 Å². The number of para-hydroxylation sites is 2. The summed E-state index contributed by atoms with van der Waals surface area (Å²) in [6.07, 6.45) is 1.88. The fraction of sp³-hybridized carbons (Fsp3) is 0.0714. The van der Waals surface area contributed by atoms with Gasteiger partial charge in [-0.05, 0) is 29.8 Å². The number of rotatable bonds is 2. The summed E-state index contributed by atoms with van der Waals surface area (Å²) in [4.78, 5) is 4.37. The normalized spacial score (nSPS) is 10.8. The Labute approximate surface area is 99.5 Å². The minimum absolute atomic E-state index is 0.796.